The van der Waals surface area contributed by atoms with Crippen molar-refractivity contribution in [3.63, 3.8) is 0 Å². The van der Waals surface area contributed by atoms with Crippen molar-refractivity contribution in [3.8, 4) is 11.6 Å². The van der Waals surface area contributed by atoms with Crippen molar-refractivity contribution < 1.29 is 18.7 Å². The lowest BCUT2D eigenvalue weighted by molar-refractivity contribution is -0.124. The zero-order chi connectivity index (χ0) is 17.6. The maximum atomic E-state index is 14.0. The number of hydrogen-bond acceptors (Lipinski definition) is 4. The van der Waals surface area contributed by atoms with Crippen LogP contribution in [0.25, 0.3) is 15.6 Å². The van der Waals surface area contributed by atoms with Gasteiger partial charge < -0.3 is 14.8 Å². The maximum Gasteiger partial charge on any atom is 0.255 e. The summed E-state index contributed by atoms with van der Waals surface area (Å²) >= 11 is 0. The molecule has 2 heterocycles. The number of ether oxygens (including phenoxy) is 2. The Hall–Kier alpha value is -2.88. The Balaban J connectivity index is 1.62. The van der Waals surface area contributed by atoms with Gasteiger partial charge in [0.2, 0.25) is 11.6 Å². The molecule has 1 aromatic heterocycles. The molecule has 1 spiro atoms. The van der Waals surface area contributed by atoms with E-state index in [0.717, 1.165) is 5.39 Å². The lowest BCUT2D eigenvalue weighted by atomic mass is 9.96. The number of carbonyl (C=O) groups is 1. The number of fused-ring (bicyclic) bond motifs is 1. The Labute approximate surface area is 143 Å². The summed E-state index contributed by atoms with van der Waals surface area (Å²) in [4.78, 5) is 19.3. The van der Waals surface area contributed by atoms with Gasteiger partial charge in [-0.25, -0.2) is 14.2 Å². The molecule has 1 aliphatic carbocycles. The van der Waals surface area contributed by atoms with Crippen LogP contribution in [0.3, 0.4) is 0 Å². The zero-order valence-corrected chi connectivity index (χ0v) is 13.6. The van der Waals surface area contributed by atoms with E-state index in [0.29, 0.717) is 35.5 Å². The van der Waals surface area contributed by atoms with E-state index < -0.39 is 17.5 Å². The second-order valence-electron chi connectivity index (χ2n) is 6.44. The van der Waals surface area contributed by atoms with Crippen molar-refractivity contribution in [3.05, 3.63) is 35.8 Å². The van der Waals surface area contributed by atoms with Crippen molar-refractivity contribution in [1.29, 1.82) is 0 Å². The van der Waals surface area contributed by atoms with Gasteiger partial charge in [0.25, 0.3) is 5.91 Å². The zero-order valence-electron chi connectivity index (χ0n) is 13.6. The highest BCUT2D eigenvalue weighted by atomic mass is 19.1. The second-order valence-corrected chi connectivity index (χ2v) is 6.44. The number of hydrogen-bond donors (Lipinski definition) is 1. The molecule has 1 aliphatic heterocycles. The van der Waals surface area contributed by atoms with Crippen molar-refractivity contribution in [2.45, 2.75) is 25.1 Å². The number of methoxy groups -OCH3 is 1. The average Bonchev–Trinajstić information content (AvgIpc) is 3.40. The van der Waals surface area contributed by atoms with Gasteiger partial charge in [0.15, 0.2) is 6.17 Å². The summed E-state index contributed by atoms with van der Waals surface area (Å²) in [7, 11) is 1.50. The molecule has 128 valence electrons. The molecule has 1 saturated heterocycles. The lowest BCUT2D eigenvalue weighted by Gasteiger charge is -2.19. The molecule has 0 radical (unpaired) electrons. The van der Waals surface area contributed by atoms with Crippen LogP contribution < -0.4 is 14.8 Å². The number of nitrogens with zero attached hydrogens (tertiary/aromatic N) is 2. The van der Waals surface area contributed by atoms with Crippen LogP contribution >= 0.6 is 0 Å². The molecule has 4 rings (SSSR count). The number of rotatable bonds is 4. The quantitative estimate of drug-likeness (QED) is 0.869. The first kappa shape index (κ1) is 15.6. The largest absolute Gasteiger partial charge is 0.508 e. The van der Waals surface area contributed by atoms with E-state index in [1.165, 1.54) is 7.11 Å². The maximum absolute atomic E-state index is 14.0. The summed E-state index contributed by atoms with van der Waals surface area (Å²) in [5, 5.41) is 4.19. The van der Waals surface area contributed by atoms with E-state index >= 15 is 0 Å². The molecule has 1 amide bonds. The van der Waals surface area contributed by atoms with Gasteiger partial charge in [0.1, 0.15) is 12.4 Å². The van der Waals surface area contributed by atoms with Crippen LogP contribution in [0.15, 0.2) is 24.4 Å². The highest BCUT2D eigenvalue weighted by Crippen LogP contribution is 2.55. The molecule has 2 aliphatic rings. The predicted octanol–water partition coefficient (Wildman–Crippen LogP) is 2.79. The minimum atomic E-state index is -1.46. The van der Waals surface area contributed by atoms with E-state index in [1.807, 2.05) is 0 Å². The highest BCUT2D eigenvalue weighted by Gasteiger charge is 2.63. The van der Waals surface area contributed by atoms with Crippen LogP contribution in [0.2, 0.25) is 0 Å². The number of nitrogens with one attached hydrogen (secondary N) is 1. The van der Waals surface area contributed by atoms with Crippen LogP contribution in [0.1, 0.15) is 12.8 Å². The fraction of sp³-hybridized carbons (Fsp3) is 0.389. The van der Waals surface area contributed by atoms with Gasteiger partial charge in [0.05, 0.1) is 19.7 Å². The van der Waals surface area contributed by atoms with Gasteiger partial charge in [-0.2, -0.15) is 0 Å². The van der Waals surface area contributed by atoms with E-state index in [1.54, 1.807) is 24.4 Å². The fourth-order valence-corrected chi connectivity index (χ4v) is 3.47. The lowest BCUT2D eigenvalue weighted by Crippen LogP contribution is -2.36. The van der Waals surface area contributed by atoms with Crippen LogP contribution in [0.4, 0.5) is 10.1 Å². The molecular formula is C18H16FN3O3. The van der Waals surface area contributed by atoms with Crippen molar-refractivity contribution in [2.75, 3.05) is 13.7 Å². The Bertz CT molecular complexity index is 904. The molecule has 2 fully saturated rings. The van der Waals surface area contributed by atoms with Gasteiger partial charge in [-0.1, -0.05) is 0 Å². The topological polar surface area (TPSA) is 64.8 Å². The first-order chi connectivity index (χ1) is 12.1. The molecule has 2 aromatic rings. The molecule has 0 bridgehead atoms. The van der Waals surface area contributed by atoms with Gasteiger partial charge >= 0.3 is 0 Å². The SMILES string of the molecule is [C-]#[N+]c1cc2ccnc(OCC3NC(=O)C(F)C34CC4)c2cc1OC. The summed E-state index contributed by atoms with van der Waals surface area (Å²) in [5.74, 6) is 0.261. The molecule has 1 saturated carbocycles. The van der Waals surface area contributed by atoms with E-state index in [9.17, 15) is 9.18 Å². The molecule has 1 aromatic carbocycles. The first-order valence-electron chi connectivity index (χ1n) is 8.00. The molecule has 25 heavy (non-hydrogen) atoms. The summed E-state index contributed by atoms with van der Waals surface area (Å²) in [6, 6.07) is 4.86. The molecule has 2 unspecified atom stereocenters. The summed E-state index contributed by atoms with van der Waals surface area (Å²) in [5.41, 5.74) is -0.205. The Morgan fingerprint density at radius 1 is 1.48 bits per heavy atom. The number of carbonyl (C=O) groups excluding carboxylic acids is 1. The molecule has 7 heteroatoms. The van der Waals surface area contributed by atoms with E-state index in [-0.39, 0.29) is 12.6 Å². The highest BCUT2D eigenvalue weighted by molar-refractivity contribution is 5.92. The van der Waals surface area contributed by atoms with Crippen molar-refractivity contribution >= 4 is 22.4 Å². The third kappa shape index (κ3) is 2.37. The number of pyridine rings is 1. The average molecular weight is 341 g/mol. The van der Waals surface area contributed by atoms with Crippen LogP contribution in [-0.2, 0) is 4.79 Å². The summed E-state index contributed by atoms with van der Waals surface area (Å²) in [6.45, 7) is 7.38. The minimum Gasteiger partial charge on any atom is -0.508 e. The third-order valence-electron chi connectivity index (χ3n) is 5.11. The van der Waals surface area contributed by atoms with E-state index in [4.69, 9.17) is 16.0 Å². The van der Waals surface area contributed by atoms with Gasteiger partial charge in [-0.3, -0.25) is 4.79 Å². The van der Waals surface area contributed by atoms with Gasteiger partial charge in [0, 0.05) is 17.0 Å². The number of aromatic nitrogens is 1. The van der Waals surface area contributed by atoms with Gasteiger partial charge in [-0.05, 0) is 36.4 Å². The first-order valence-corrected chi connectivity index (χ1v) is 8.00. The molecule has 2 atom stereocenters. The standard InChI is InChI=1S/C18H16FN3O3/c1-20-12-7-10-3-6-21-17(11(10)8-13(12)24-2)25-9-14-18(4-5-18)15(19)16(23)22-14/h3,6-8,14-15H,4-5,9H2,2H3,(H,22,23). The number of benzene rings is 1. The molecule has 1 N–H and O–H groups in total. The summed E-state index contributed by atoms with van der Waals surface area (Å²) < 4.78 is 25.1. The Morgan fingerprint density at radius 3 is 2.96 bits per heavy atom. The number of amides is 1. The Kier molecular flexibility index (Phi) is 3.49. The smallest absolute Gasteiger partial charge is 0.255 e. The van der Waals surface area contributed by atoms with Crippen LogP contribution in [0.5, 0.6) is 11.6 Å². The normalized spacial score (nSPS) is 23.3. The van der Waals surface area contributed by atoms with E-state index in [2.05, 4.69) is 15.1 Å². The summed E-state index contributed by atoms with van der Waals surface area (Å²) in [6.07, 6.45) is 1.51. The van der Waals surface area contributed by atoms with Crippen molar-refractivity contribution in [1.82, 2.24) is 10.3 Å². The number of alkyl halides is 1. The Morgan fingerprint density at radius 2 is 2.28 bits per heavy atom. The monoisotopic (exact) mass is 341 g/mol. The predicted molar refractivity (Wildman–Crippen MR) is 88.5 cm³/mol. The van der Waals surface area contributed by atoms with Crippen LogP contribution in [0, 0.1) is 12.0 Å². The number of halogens is 1. The van der Waals surface area contributed by atoms with Crippen molar-refractivity contribution in [2.24, 2.45) is 5.41 Å². The van der Waals surface area contributed by atoms with Crippen LogP contribution in [-0.4, -0.2) is 36.8 Å². The molecular weight excluding hydrogens is 325 g/mol. The fourth-order valence-electron chi connectivity index (χ4n) is 3.47. The molecule has 6 nitrogen and oxygen atoms in total. The van der Waals surface area contributed by atoms with Gasteiger partial charge in [-0.15, -0.1) is 0 Å². The third-order valence-corrected chi connectivity index (χ3v) is 5.11. The minimum absolute atomic E-state index is 0.158. The second kappa shape index (κ2) is 5.59.